The Hall–Kier alpha value is -5.89. The fourth-order valence-corrected chi connectivity index (χ4v) is 13.3. The molecule has 2 unspecified atom stereocenters. The Morgan fingerprint density at radius 2 is 1.65 bits per heavy atom. The van der Waals surface area contributed by atoms with Crippen LogP contribution in [0.3, 0.4) is 0 Å². The summed E-state index contributed by atoms with van der Waals surface area (Å²) in [7, 11) is -17.2. The minimum Gasteiger partial charge on any atom is -0.478 e. The zero-order valence-electron chi connectivity index (χ0n) is 41.7. The number of aromatic carboxylic acids is 1. The van der Waals surface area contributed by atoms with Gasteiger partial charge >= 0.3 is 29.4 Å². The van der Waals surface area contributed by atoms with Gasteiger partial charge in [0.15, 0.2) is 17.4 Å². The predicted molar refractivity (Wildman–Crippen MR) is 276 cm³/mol. The van der Waals surface area contributed by atoms with Gasteiger partial charge in [0.1, 0.15) is 42.9 Å². The fourth-order valence-electron chi connectivity index (χ4n) is 10.3. The number of phosphoric acid groups is 3. The largest absolute Gasteiger partial charge is 0.490 e. The maximum Gasteiger partial charge on any atom is 0.490 e. The highest BCUT2D eigenvalue weighted by Gasteiger charge is 2.48. The second kappa shape index (κ2) is 22.5. The van der Waals surface area contributed by atoms with Crippen LogP contribution in [0.1, 0.15) is 102 Å². The third kappa shape index (κ3) is 12.1. The molecule has 30 heteroatoms. The number of nitrogens with two attached hydrogens (primary N) is 1. The summed E-state index contributed by atoms with van der Waals surface area (Å²) < 4.78 is 63.0. The lowest BCUT2D eigenvalue weighted by atomic mass is 9.86. The molecule has 0 aliphatic carbocycles. The Morgan fingerprint density at radius 1 is 0.896 bits per heavy atom. The van der Waals surface area contributed by atoms with E-state index in [0.29, 0.717) is 42.7 Å². The zero-order valence-corrected chi connectivity index (χ0v) is 44.4. The molecule has 27 nitrogen and oxygen atoms in total. The molecule has 0 radical (unpaired) electrons. The minimum absolute atomic E-state index is 0.0203. The molecule has 4 aliphatic heterocycles. The standard InChI is InChI=1S/C47H58N9O18P3/c1-3-54-17-9-11-25-19-30-34(22-32(25)54)71-35-23-33-26(12-10-18-55(33)4-2)20-31(35)37(30)28-14-13-27(21-29(28)45(61)62)42(59)49-15-7-5-6-8-16-50-47-51-38-41(52-46(48)53-43(38)60)56(47)44-40(58)39(57)36(72-44)24-70-76(66,67)74-77(68,69)73-75(63,64)65/h13-14,19-23,36,39-40,44,49,57-58H,3-12,15-18,24H2,1-2H3,(H8,48,53,59,60,61,62,63,64,65,66,67,68,69)/p+1/t36-,39-,40-,44-/m1/s1. The van der Waals surface area contributed by atoms with Crippen LogP contribution in [0.15, 0.2) is 47.3 Å². The van der Waals surface area contributed by atoms with Crippen molar-refractivity contribution in [3.8, 4) is 11.5 Å². The first-order chi connectivity index (χ1) is 36.5. The Kier molecular flexibility index (Phi) is 16.3. The normalized spacial score (nSPS) is 20.6. The first-order valence-corrected chi connectivity index (χ1v) is 29.4. The van der Waals surface area contributed by atoms with Crippen molar-refractivity contribution in [2.45, 2.75) is 89.8 Å². The molecule has 1 fully saturated rings. The third-order valence-corrected chi connectivity index (χ3v) is 17.5. The van der Waals surface area contributed by atoms with Gasteiger partial charge in [0.2, 0.25) is 17.3 Å². The number of aromatic nitrogens is 4. The van der Waals surface area contributed by atoms with Gasteiger partial charge in [-0.1, -0.05) is 18.9 Å². The maximum absolute atomic E-state index is 13.6. The van der Waals surface area contributed by atoms with Crippen molar-refractivity contribution in [2.75, 3.05) is 61.8 Å². The van der Waals surface area contributed by atoms with Crippen LogP contribution in [0, 0.1) is 0 Å². The van der Waals surface area contributed by atoms with E-state index in [1.807, 2.05) is 0 Å². The number of anilines is 3. The lowest BCUT2D eigenvalue weighted by molar-refractivity contribution is -0.0493. The summed E-state index contributed by atoms with van der Waals surface area (Å²) in [5.41, 5.74) is 10.2. The van der Waals surface area contributed by atoms with Gasteiger partial charge in [0, 0.05) is 71.8 Å². The highest BCUT2D eigenvalue weighted by atomic mass is 31.3. The molecule has 4 aliphatic rings. The molecule has 1 saturated heterocycles. The van der Waals surface area contributed by atoms with Gasteiger partial charge in [-0.25, -0.2) is 28.0 Å². The van der Waals surface area contributed by atoms with Crippen LogP contribution in [-0.4, -0.2) is 130 Å². The number of carbonyl (C=O) groups is 2. The van der Waals surface area contributed by atoms with Gasteiger partial charge in [-0.05, 0) is 81.3 Å². The van der Waals surface area contributed by atoms with Crippen molar-refractivity contribution >= 4 is 69.7 Å². The van der Waals surface area contributed by atoms with Crippen LogP contribution in [0.25, 0.3) is 16.7 Å². The number of hydrogen-bond acceptors (Lipinski definition) is 18. The van der Waals surface area contributed by atoms with Crippen molar-refractivity contribution < 1.29 is 80.8 Å². The number of amides is 1. The number of carboxylic acid groups (broad SMARTS) is 1. The average Bonchev–Trinajstić information content (AvgIpc) is 3.92. The summed E-state index contributed by atoms with van der Waals surface area (Å²) in [5, 5.41) is 40.5. The lowest BCUT2D eigenvalue weighted by Gasteiger charge is -2.32. The van der Waals surface area contributed by atoms with Crippen molar-refractivity contribution in [3.05, 3.63) is 96.8 Å². The van der Waals surface area contributed by atoms with Crippen LogP contribution in [-0.2, 0) is 44.4 Å². The molecule has 1 amide bonds. The van der Waals surface area contributed by atoms with E-state index in [9.17, 15) is 53.2 Å². The molecule has 12 N–H and O–H groups in total. The van der Waals surface area contributed by atoms with Crippen LogP contribution >= 0.6 is 23.5 Å². The molecule has 0 spiro atoms. The van der Waals surface area contributed by atoms with E-state index in [-0.39, 0.29) is 47.3 Å². The number of aliphatic hydroxyl groups excluding tert-OH is 2. The van der Waals surface area contributed by atoms with E-state index in [2.05, 4.69) is 86.3 Å². The smallest absolute Gasteiger partial charge is 0.478 e. The number of phosphoric ester groups is 1. The molecule has 77 heavy (non-hydrogen) atoms. The number of nitrogens with zero attached hydrogens (tertiary/aromatic N) is 5. The van der Waals surface area contributed by atoms with E-state index in [0.717, 1.165) is 83.8 Å². The first-order valence-electron chi connectivity index (χ1n) is 24.9. The molecule has 0 saturated carbocycles. The van der Waals surface area contributed by atoms with E-state index in [1.54, 1.807) is 12.1 Å². The van der Waals surface area contributed by atoms with E-state index in [1.165, 1.54) is 17.2 Å². The average molecular weight is 1130 g/mol. The Labute approximate surface area is 438 Å². The molecule has 9 rings (SSSR count). The van der Waals surface area contributed by atoms with Crippen molar-refractivity contribution in [1.82, 2.24) is 29.4 Å². The molecular weight excluding hydrogens is 1070 g/mol. The maximum atomic E-state index is 13.6. The van der Waals surface area contributed by atoms with E-state index in [4.69, 9.17) is 25.0 Å². The molecule has 414 valence electrons. The molecule has 6 atom stereocenters. The minimum atomic E-state index is -5.85. The van der Waals surface area contributed by atoms with Crippen molar-refractivity contribution in [3.63, 3.8) is 0 Å². The molecule has 3 aromatic carbocycles. The van der Waals surface area contributed by atoms with Gasteiger partial charge in [-0.15, -0.1) is 0 Å². The topological polar surface area (TPSA) is 393 Å². The van der Waals surface area contributed by atoms with Gasteiger partial charge in [0.25, 0.3) is 11.5 Å². The summed E-state index contributed by atoms with van der Waals surface area (Å²) >= 11 is 0. The van der Waals surface area contributed by atoms with Gasteiger partial charge in [-0.2, -0.15) is 13.6 Å². The molecule has 6 heterocycles. The summed E-state index contributed by atoms with van der Waals surface area (Å²) in [4.78, 5) is 89.6. The number of hydrogen-bond donors (Lipinski definition) is 11. The summed E-state index contributed by atoms with van der Waals surface area (Å²) in [6.07, 6.45) is -0.903. The molecule has 2 aromatic heterocycles. The number of aryl methyl sites for hydroxylation is 2. The summed E-state index contributed by atoms with van der Waals surface area (Å²) in [6.45, 7) is 7.21. The van der Waals surface area contributed by atoms with Crippen LogP contribution < -0.4 is 46.7 Å². The van der Waals surface area contributed by atoms with E-state index < -0.39 is 72.1 Å². The second-order valence-electron chi connectivity index (χ2n) is 18.8. The predicted octanol–water partition coefficient (Wildman–Crippen LogP) is 2.35. The summed E-state index contributed by atoms with van der Waals surface area (Å²) in [5.74, 6) is -0.737. The Bertz CT molecular complexity index is 3500. The number of benzene rings is 3. The summed E-state index contributed by atoms with van der Waals surface area (Å²) in [6, 6.07) is 13.2. The number of ether oxygens (including phenoxy) is 2. The van der Waals surface area contributed by atoms with Gasteiger partial charge in [0.05, 0.1) is 18.2 Å². The fraction of sp³-hybridized carbons (Fsp3) is 0.447. The Balaban J connectivity index is 0.846. The SMILES string of the molecule is CCN1CCCc2cc3c(cc21)Oc1cc2c(cc1=C3c1ccc(C(=O)NCCCCCCNc3nc4c(=O)[nH]c(N)nc4n3[C@@H]3O[C@H](COP(=O)(O)OP(=O)(O)OP(=O)(O)O)[C@@H](O)[C@H]3O)cc1C(=O)O)CCC[N+]=2CC. The number of nitrogens with one attached hydrogen (secondary N) is 3. The van der Waals surface area contributed by atoms with Crippen molar-refractivity contribution in [1.29, 1.82) is 0 Å². The van der Waals surface area contributed by atoms with Gasteiger partial charge in [-0.3, -0.25) is 23.7 Å². The monoisotopic (exact) mass is 1130 g/mol. The van der Waals surface area contributed by atoms with Crippen LogP contribution in [0.2, 0.25) is 0 Å². The quantitative estimate of drug-likeness (QED) is 0.0280. The second-order valence-corrected chi connectivity index (χ2v) is 23.2. The molecule has 0 bridgehead atoms. The highest BCUT2D eigenvalue weighted by molar-refractivity contribution is 7.66. The zero-order chi connectivity index (χ0) is 55.1. The highest BCUT2D eigenvalue weighted by Crippen LogP contribution is 2.66. The first kappa shape index (κ1) is 55.9. The molecule has 5 aromatic rings. The number of aliphatic hydroxyl groups is 2. The number of rotatable bonds is 21. The number of imidazole rings is 1. The van der Waals surface area contributed by atoms with Crippen molar-refractivity contribution in [2.24, 2.45) is 0 Å². The number of aromatic amines is 1. The molecular formula is C47H59N9O18P3+. The lowest BCUT2D eigenvalue weighted by Crippen LogP contribution is -2.39. The van der Waals surface area contributed by atoms with Crippen LogP contribution in [0.5, 0.6) is 11.5 Å². The number of carbonyl (C=O) groups excluding carboxylic acids is 1. The number of nitrogen functional groups attached to an aromatic ring is 1. The van der Waals surface area contributed by atoms with Crippen LogP contribution in [0.4, 0.5) is 17.6 Å². The van der Waals surface area contributed by atoms with Gasteiger partial charge < -0.3 is 65.6 Å². The number of carboxylic acids is 1. The number of unbranched alkanes of at least 4 members (excludes halogenated alkanes) is 3. The Morgan fingerprint density at radius 3 is 2.38 bits per heavy atom. The number of H-pyrrole nitrogens is 1. The third-order valence-electron chi connectivity index (χ3n) is 13.7. The van der Waals surface area contributed by atoms with E-state index >= 15 is 0 Å². The number of fused-ring (bicyclic) bond motifs is 5.